The molecule has 3 nitrogen and oxygen atoms in total. The fourth-order valence-electron chi connectivity index (χ4n) is 1.66. The summed E-state index contributed by atoms with van der Waals surface area (Å²) in [4.78, 5) is 0. The molecule has 0 saturated heterocycles. The van der Waals surface area contributed by atoms with Crippen molar-refractivity contribution in [1.29, 1.82) is 0 Å². The van der Waals surface area contributed by atoms with Gasteiger partial charge in [0.15, 0.2) is 0 Å². The molecule has 1 atom stereocenters. The lowest BCUT2D eigenvalue weighted by Gasteiger charge is -2.23. The number of hydrogen-bond donors (Lipinski definition) is 1. The molecule has 18 heavy (non-hydrogen) atoms. The van der Waals surface area contributed by atoms with Crippen LogP contribution in [0.25, 0.3) is 0 Å². The number of nitrogens with one attached hydrogen (secondary N) is 1. The van der Waals surface area contributed by atoms with Gasteiger partial charge in [0.25, 0.3) is 0 Å². The Bertz CT molecular complexity index is 369. The van der Waals surface area contributed by atoms with Crippen molar-refractivity contribution in [3.05, 3.63) is 23.2 Å². The normalized spacial score (nSPS) is 12.6. The summed E-state index contributed by atoms with van der Waals surface area (Å²) >= 11 is 6.15. The van der Waals surface area contributed by atoms with Gasteiger partial charge in [-0.05, 0) is 31.0 Å². The molecule has 0 spiro atoms. The first-order chi connectivity index (χ1) is 8.58. The van der Waals surface area contributed by atoms with Crippen molar-refractivity contribution in [1.82, 2.24) is 0 Å². The summed E-state index contributed by atoms with van der Waals surface area (Å²) in [7, 11) is 1.71. The Balaban J connectivity index is 2.74. The minimum atomic E-state index is 0.268. The van der Waals surface area contributed by atoms with Crippen LogP contribution in [0, 0.1) is 5.92 Å². The molecule has 1 unspecified atom stereocenters. The summed E-state index contributed by atoms with van der Waals surface area (Å²) in [6.45, 7) is 7.54. The maximum Gasteiger partial charge on any atom is 0.138 e. The summed E-state index contributed by atoms with van der Waals surface area (Å²) in [5.74, 6) is 1.20. The quantitative estimate of drug-likeness (QED) is 0.818. The van der Waals surface area contributed by atoms with E-state index in [2.05, 4.69) is 19.2 Å². The highest BCUT2D eigenvalue weighted by atomic mass is 35.5. The predicted molar refractivity (Wildman–Crippen MR) is 76.7 cm³/mol. The Morgan fingerprint density at radius 2 is 2.06 bits per heavy atom. The Morgan fingerprint density at radius 3 is 2.56 bits per heavy atom. The highest BCUT2D eigenvalue weighted by Crippen LogP contribution is 2.28. The number of methoxy groups -OCH3 is 1. The first-order valence-corrected chi connectivity index (χ1v) is 6.64. The lowest BCUT2D eigenvalue weighted by atomic mass is 10.1. The molecule has 0 fully saturated rings. The van der Waals surface area contributed by atoms with Crippen LogP contribution in [0.1, 0.15) is 20.8 Å². The smallest absolute Gasteiger partial charge is 0.138 e. The van der Waals surface area contributed by atoms with E-state index in [0.717, 1.165) is 11.4 Å². The molecule has 0 heterocycles. The van der Waals surface area contributed by atoms with Crippen LogP contribution in [0.2, 0.25) is 5.02 Å². The monoisotopic (exact) mass is 271 g/mol. The van der Waals surface area contributed by atoms with Crippen LogP contribution >= 0.6 is 11.6 Å². The molecule has 0 radical (unpaired) electrons. The Hall–Kier alpha value is -0.930. The summed E-state index contributed by atoms with van der Waals surface area (Å²) in [6.07, 6.45) is 0. The zero-order chi connectivity index (χ0) is 13.5. The molecule has 0 aliphatic rings. The summed E-state index contributed by atoms with van der Waals surface area (Å²) < 4.78 is 10.6. The molecule has 0 aliphatic carbocycles. The topological polar surface area (TPSA) is 30.5 Å². The molecule has 102 valence electrons. The van der Waals surface area contributed by atoms with Gasteiger partial charge in [-0.1, -0.05) is 25.4 Å². The van der Waals surface area contributed by atoms with Crippen LogP contribution in [-0.2, 0) is 4.74 Å². The molecule has 0 aliphatic heterocycles. The van der Waals surface area contributed by atoms with Crippen molar-refractivity contribution in [2.45, 2.75) is 26.8 Å². The van der Waals surface area contributed by atoms with Crippen LogP contribution in [-0.4, -0.2) is 26.4 Å². The first-order valence-electron chi connectivity index (χ1n) is 6.26. The maximum atomic E-state index is 6.15. The van der Waals surface area contributed by atoms with Crippen molar-refractivity contribution in [3.63, 3.8) is 0 Å². The zero-order valence-corrected chi connectivity index (χ0v) is 12.3. The highest BCUT2D eigenvalue weighted by Gasteiger charge is 2.13. The molecule has 0 bridgehead atoms. The minimum absolute atomic E-state index is 0.268. The van der Waals surface area contributed by atoms with E-state index >= 15 is 0 Å². The Morgan fingerprint density at radius 1 is 1.33 bits per heavy atom. The van der Waals surface area contributed by atoms with E-state index in [1.54, 1.807) is 7.11 Å². The van der Waals surface area contributed by atoms with Gasteiger partial charge in [-0.3, -0.25) is 0 Å². The molecule has 1 aromatic rings. The van der Waals surface area contributed by atoms with Crippen molar-refractivity contribution < 1.29 is 9.47 Å². The van der Waals surface area contributed by atoms with Gasteiger partial charge in [0.2, 0.25) is 0 Å². The van der Waals surface area contributed by atoms with Gasteiger partial charge >= 0.3 is 0 Å². The third-order valence-electron chi connectivity index (χ3n) is 2.73. The van der Waals surface area contributed by atoms with Crippen molar-refractivity contribution in [3.8, 4) is 5.75 Å². The van der Waals surface area contributed by atoms with Gasteiger partial charge < -0.3 is 14.8 Å². The average molecular weight is 272 g/mol. The van der Waals surface area contributed by atoms with E-state index < -0.39 is 0 Å². The molecular weight excluding hydrogens is 250 g/mol. The third kappa shape index (κ3) is 4.39. The second kappa shape index (κ2) is 7.49. The van der Waals surface area contributed by atoms with E-state index in [9.17, 15) is 0 Å². The number of ether oxygens (including phenoxy) is 2. The van der Waals surface area contributed by atoms with E-state index in [4.69, 9.17) is 21.1 Å². The Labute approximate surface area is 114 Å². The molecule has 0 aromatic heterocycles. The number of hydrogen-bond acceptors (Lipinski definition) is 3. The predicted octanol–water partition coefficient (Wildman–Crippen LogP) is 3.82. The third-order valence-corrected chi connectivity index (χ3v) is 3.03. The van der Waals surface area contributed by atoms with Crippen LogP contribution in [0.3, 0.4) is 0 Å². The summed E-state index contributed by atoms with van der Waals surface area (Å²) in [5, 5.41) is 4.05. The SMILES string of the molecule is CCOc1ccc(NC(COC)C(C)C)cc1Cl. The van der Waals surface area contributed by atoms with E-state index in [-0.39, 0.29) is 6.04 Å². The number of rotatable bonds is 7. The molecule has 1 rings (SSSR count). The van der Waals surface area contributed by atoms with Gasteiger partial charge in [-0.25, -0.2) is 0 Å². The van der Waals surface area contributed by atoms with Gasteiger partial charge in [0.05, 0.1) is 24.3 Å². The number of halogens is 1. The number of anilines is 1. The standard InChI is InChI=1S/C14H22ClNO2/c1-5-18-14-7-6-11(8-12(14)15)16-13(9-17-4)10(2)3/h6-8,10,13,16H,5,9H2,1-4H3. The largest absolute Gasteiger partial charge is 0.492 e. The molecule has 1 aromatic carbocycles. The van der Waals surface area contributed by atoms with Crippen LogP contribution in [0.5, 0.6) is 5.75 Å². The Kier molecular flexibility index (Phi) is 6.30. The first kappa shape index (κ1) is 15.1. The molecular formula is C14H22ClNO2. The molecule has 1 N–H and O–H groups in total. The lowest BCUT2D eigenvalue weighted by Crippen LogP contribution is -2.30. The maximum absolute atomic E-state index is 6.15. The van der Waals surface area contributed by atoms with Crippen molar-refractivity contribution in [2.75, 3.05) is 25.6 Å². The molecule has 0 amide bonds. The van der Waals surface area contributed by atoms with Gasteiger partial charge in [-0.15, -0.1) is 0 Å². The summed E-state index contributed by atoms with van der Waals surface area (Å²) in [5.41, 5.74) is 0.985. The van der Waals surface area contributed by atoms with Crippen molar-refractivity contribution in [2.24, 2.45) is 5.92 Å². The van der Waals surface area contributed by atoms with Crippen molar-refractivity contribution >= 4 is 17.3 Å². The molecule has 4 heteroatoms. The van der Waals surface area contributed by atoms with E-state index in [0.29, 0.717) is 24.2 Å². The minimum Gasteiger partial charge on any atom is -0.492 e. The fourth-order valence-corrected chi connectivity index (χ4v) is 1.89. The van der Waals surface area contributed by atoms with Crippen LogP contribution < -0.4 is 10.1 Å². The van der Waals surface area contributed by atoms with Crippen LogP contribution in [0.4, 0.5) is 5.69 Å². The average Bonchev–Trinajstić information content (AvgIpc) is 2.32. The van der Waals surface area contributed by atoms with E-state index in [1.807, 2.05) is 25.1 Å². The highest BCUT2D eigenvalue weighted by molar-refractivity contribution is 6.32. The lowest BCUT2D eigenvalue weighted by molar-refractivity contribution is 0.171. The zero-order valence-electron chi connectivity index (χ0n) is 11.5. The number of benzene rings is 1. The second-order valence-electron chi connectivity index (χ2n) is 4.53. The summed E-state index contributed by atoms with van der Waals surface area (Å²) in [6, 6.07) is 6.02. The fraction of sp³-hybridized carbons (Fsp3) is 0.571. The molecule has 0 saturated carbocycles. The van der Waals surface area contributed by atoms with E-state index in [1.165, 1.54) is 0 Å². The van der Waals surface area contributed by atoms with Gasteiger partial charge in [0.1, 0.15) is 5.75 Å². The van der Waals surface area contributed by atoms with Gasteiger partial charge in [0, 0.05) is 12.8 Å². The second-order valence-corrected chi connectivity index (χ2v) is 4.94. The van der Waals surface area contributed by atoms with Gasteiger partial charge in [-0.2, -0.15) is 0 Å². The van der Waals surface area contributed by atoms with Crippen LogP contribution in [0.15, 0.2) is 18.2 Å².